The minimum absolute atomic E-state index is 0.494. The van der Waals surface area contributed by atoms with Crippen molar-refractivity contribution in [1.29, 1.82) is 0 Å². The van der Waals surface area contributed by atoms with Gasteiger partial charge in [-0.15, -0.1) is 11.8 Å². The van der Waals surface area contributed by atoms with E-state index in [0.29, 0.717) is 4.71 Å². The van der Waals surface area contributed by atoms with Gasteiger partial charge in [0, 0.05) is 17.0 Å². The lowest BCUT2D eigenvalue weighted by molar-refractivity contribution is 1.06. The molecular formula is C9H10ClNS2. The molecule has 0 radical (unpaired) electrons. The number of anilines is 1. The third-order valence-electron chi connectivity index (χ3n) is 2.05. The molecule has 0 spiro atoms. The van der Waals surface area contributed by atoms with E-state index in [1.54, 1.807) is 0 Å². The summed E-state index contributed by atoms with van der Waals surface area (Å²) in [5.74, 6) is 0. The summed E-state index contributed by atoms with van der Waals surface area (Å²) in [5.41, 5.74) is 1.29. The fraction of sp³-hybridized carbons (Fsp3) is 0.333. The van der Waals surface area contributed by atoms with Crippen LogP contribution in [-0.2, 0) is 0 Å². The van der Waals surface area contributed by atoms with E-state index < -0.39 is 0 Å². The van der Waals surface area contributed by atoms with Crippen molar-refractivity contribution in [3.63, 3.8) is 0 Å². The highest BCUT2D eigenvalue weighted by Crippen LogP contribution is 2.46. The molecule has 70 valence electrons. The molecule has 1 aromatic rings. The highest BCUT2D eigenvalue weighted by molar-refractivity contribution is 8.17. The zero-order chi connectivity index (χ0) is 9.42. The van der Waals surface area contributed by atoms with Crippen LogP contribution in [0, 0.1) is 0 Å². The number of thioether (sulfide) groups is 2. The van der Waals surface area contributed by atoms with E-state index in [2.05, 4.69) is 24.3 Å². The van der Waals surface area contributed by atoms with Gasteiger partial charge in [-0.25, -0.2) is 0 Å². The van der Waals surface area contributed by atoms with Gasteiger partial charge in [0.05, 0.1) is 5.69 Å². The van der Waals surface area contributed by atoms with Gasteiger partial charge in [-0.05, 0) is 24.5 Å². The van der Waals surface area contributed by atoms with E-state index in [-0.39, 0.29) is 0 Å². The maximum atomic E-state index is 5.92. The third kappa shape index (κ3) is 1.65. The molecule has 0 saturated carbocycles. The van der Waals surface area contributed by atoms with E-state index in [1.807, 2.05) is 35.7 Å². The minimum atomic E-state index is 0.494. The Labute approximate surface area is 91.8 Å². The third-order valence-corrected chi connectivity index (χ3v) is 4.97. The molecular weight excluding hydrogens is 222 g/mol. The summed E-state index contributed by atoms with van der Waals surface area (Å²) in [4.78, 5) is 3.57. The normalized spacial score (nSPS) is 20.5. The Hall–Kier alpha value is 0.01000. The molecule has 1 aliphatic rings. The largest absolute Gasteiger partial charge is 0.353 e. The summed E-state index contributed by atoms with van der Waals surface area (Å²) >= 11 is 9.63. The first-order chi connectivity index (χ1) is 6.22. The molecule has 0 amide bonds. The van der Waals surface area contributed by atoms with Gasteiger partial charge in [0.2, 0.25) is 0 Å². The van der Waals surface area contributed by atoms with Crippen molar-refractivity contribution >= 4 is 40.8 Å². The van der Waals surface area contributed by atoms with Gasteiger partial charge in [0.25, 0.3) is 0 Å². The number of nitrogens with zero attached hydrogens (tertiary/aromatic N) is 1. The van der Waals surface area contributed by atoms with Crippen LogP contribution in [0.4, 0.5) is 5.69 Å². The van der Waals surface area contributed by atoms with Crippen molar-refractivity contribution in [3.05, 3.63) is 23.2 Å². The van der Waals surface area contributed by atoms with Gasteiger partial charge in [-0.1, -0.05) is 23.4 Å². The zero-order valence-electron chi connectivity index (χ0n) is 7.45. The molecule has 0 aliphatic carbocycles. The number of benzene rings is 1. The second kappa shape index (κ2) is 3.64. The van der Waals surface area contributed by atoms with E-state index in [1.165, 1.54) is 10.6 Å². The highest BCUT2D eigenvalue weighted by Gasteiger charge is 2.26. The van der Waals surface area contributed by atoms with Gasteiger partial charge in [-0.3, -0.25) is 0 Å². The van der Waals surface area contributed by atoms with Crippen molar-refractivity contribution in [1.82, 2.24) is 0 Å². The average molecular weight is 232 g/mol. The summed E-state index contributed by atoms with van der Waals surface area (Å²) in [5, 5.41) is 0.821. The lowest BCUT2D eigenvalue weighted by Gasteiger charge is -2.18. The molecule has 13 heavy (non-hydrogen) atoms. The number of rotatable bonds is 1. The van der Waals surface area contributed by atoms with E-state index in [0.717, 1.165) is 5.02 Å². The monoisotopic (exact) mass is 231 g/mol. The predicted molar refractivity (Wildman–Crippen MR) is 63.0 cm³/mol. The molecule has 1 heterocycles. The van der Waals surface area contributed by atoms with Crippen LogP contribution in [0.15, 0.2) is 23.1 Å². The van der Waals surface area contributed by atoms with E-state index >= 15 is 0 Å². The Morgan fingerprint density at radius 2 is 2.31 bits per heavy atom. The number of hydrogen-bond acceptors (Lipinski definition) is 3. The van der Waals surface area contributed by atoms with Gasteiger partial charge >= 0.3 is 0 Å². The van der Waals surface area contributed by atoms with Gasteiger partial charge < -0.3 is 4.90 Å². The fourth-order valence-electron chi connectivity index (χ4n) is 1.38. The Kier molecular flexibility index (Phi) is 2.67. The van der Waals surface area contributed by atoms with Gasteiger partial charge in [0.1, 0.15) is 4.71 Å². The van der Waals surface area contributed by atoms with Crippen LogP contribution < -0.4 is 4.90 Å². The first-order valence-corrected chi connectivity index (χ1v) is 6.49. The molecule has 0 fully saturated rings. The molecule has 1 unspecified atom stereocenters. The lowest BCUT2D eigenvalue weighted by Crippen LogP contribution is -2.20. The molecule has 0 saturated heterocycles. The first-order valence-electron chi connectivity index (χ1n) is 3.94. The highest BCUT2D eigenvalue weighted by atomic mass is 35.5. The van der Waals surface area contributed by atoms with Crippen LogP contribution in [0.3, 0.4) is 0 Å². The van der Waals surface area contributed by atoms with Crippen LogP contribution in [-0.4, -0.2) is 18.0 Å². The maximum Gasteiger partial charge on any atom is 0.126 e. The Morgan fingerprint density at radius 1 is 1.54 bits per heavy atom. The summed E-state index contributed by atoms with van der Waals surface area (Å²) in [6.07, 6.45) is 2.13. The zero-order valence-corrected chi connectivity index (χ0v) is 9.84. The number of hydrogen-bond donors (Lipinski definition) is 0. The Morgan fingerprint density at radius 3 is 3.00 bits per heavy atom. The molecule has 0 aromatic heterocycles. The second-order valence-electron chi connectivity index (χ2n) is 2.88. The van der Waals surface area contributed by atoms with Crippen LogP contribution in [0.5, 0.6) is 0 Å². The van der Waals surface area contributed by atoms with Crippen LogP contribution in [0.25, 0.3) is 0 Å². The SMILES string of the molecule is CSC1Sc2cc(Cl)ccc2N1C. The molecule has 1 nitrogen and oxygen atoms in total. The summed E-state index contributed by atoms with van der Waals surface area (Å²) in [7, 11) is 2.12. The molecule has 1 aliphatic heterocycles. The molecule has 4 heteroatoms. The summed E-state index contributed by atoms with van der Waals surface area (Å²) < 4.78 is 0.494. The second-order valence-corrected chi connectivity index (χ2v) is 5.66. The van der Waals surface area contributed by atoms with Crippen molar-refractivity contribution in [3.8, 4) is 0 Å². The molecule has 1 atom stereocenters. The maximum absolute atomic E-state index is 5.92. The van der Waals surface area contributed by atoms with Crippen LogP contribution in [0.2, 0.25) is 5.02 Å². The summed E-state index contributed by atoms with van der Waals surface area (Å²) in [6.45, 7) is 0. The smallest absolute Gasteiger partial charge is 0.126 e. The van der Waals surface area contributed by atoms with E-state index in [4.69, 9.17) is 11.6 Å². The average Bonchev–Trinajstić information content (AvgIpc) is 2.42. The van der Waals surface area contributed by atoms with Crippen LogP contribution in [0.1, 0.15) is 0 Å². The van der Waals surface area contributed by atoms with Crippen molar-refractivity contribution in [2.75, 3.05) is 18.2 Å². The molecule has 0 bridgehead atoms. The van der Waals surface area contributed by atoms with Crippen molar-refractivity contribution in [2.24, 2.45) is 0 Å². The lowest BCUT2D eigenvalue weighted by atomic mass is 10.3. The fourth-order valence-corrected chi connectivity index (χ4v) is 3.76. The Balaban J connectivity index is 2.38. The summed E-state index contributed by atoms with van der Waals surface area (Å²) in [6, 6.07) is 6.06. The molecule has 1 aromatic carbocycles. The molecule has 2 rings (SSSR count). The molecule has 0 N–H and O–H groups in total. The minimum Gasteiger partial charge on any atom is -0.353 e. The Bertz CT molecular complexity index is 329. The van der Waals surface area contributed by atoms with Crippen molar-refractivity contribution in [2.45, 2.75) is 9.60 Å². The van der Waals surface area contributed by atoms with E-state index in [9.17, 15) is 0 Å². The first kappa shape index (κ1) is 9.56. The standard InChI is InChI=1S/C9H10ClNS2/c1-11-7-4-3-6(10)5-8(7)13-9(11)12-2/h3-5,9H,1-2H3. The van der Waals surface area contributed by atoms with Crippen LogP contribution >= 0.6 is 35.1 Å². The quantitative estimate of drug-likeness (QED) is 0.728. The predicted octanol–water partition coefficient (Wildman–Crippen LogP) is 3.53. The topological polar surface area (TPSA) is 3.24 Å². The van der Waals surface area contributed by atoms with Gasteiger partial charge in [-0.2, -0.15) is 0 Å². The van der Waals surface area contributed by atoms with Crippen molar-refractivity contribution < 1.29 is 0 Å². The van der Waals surface area contributed by atoms with Gasteiger partial charge in [0.15, 0.2) is 0 Å². The number of halogens is 1. The number of fused-ring (bicyclic) bond motifs is 1.